The fraction of sp³-hybridized carbons (Fsp3) is 0.452. The number of Topliss-reactive ketones (excluding diaryl/α,β-unsaturated/α-hetero) is 1. The number of hydrogen-bond donors (Lipinski definition) is 2. The Morgan fingerprint density at radius 2 is 1.53 bits per heavy atom. The van der Waals surface area contributed by atoms with Crippen LogP contribution in [-0.2, 0) is 23.9 Å². The summed E-state index contributed by atoms with van der Waals surface area (Å²) in [4.78, 5) is 57.9. The fourth-order valence-electron chi connectivity index (χ4n) is 5.04. The quantitative estimate of drug-likeness (QED) is 0.218. The molecular weight excluding hydrogens is 654 g/mol. The molecule has 0 bridgehead atoms. The second-order valence-corrected chi connectivity index (χ2v) is 11.8. The monoisotopic (exact) mass is 688 g/mol. The molecule has 2 aromatic rings. The van der Waals surface area contributed by atoms with E-state index in [1.807, 2.05) is 0 Å². The van der Waals surface area contributed by atoms with Gasteiger partial charge in [-0.2, -0.15) is 38.1 Å². The molecule has 0 saturated carbocycles. The number of hydrogen-bond acceptors (Lipinski definition) is 8. The van der Waals surface area contributed by atoms with Gasteiger partial charge in [-0.1, -0.05) is 48.5 Å². The van der Waals surface area contributed by atoms with Crippen LogP contribution in [-0.4, -0.2) is 79.5 Å². The number of rotatable bonds is 14. The zero-order valence-electron chi connectivity index (χ0n) is 25.4. The molecule has 47 heavy (non-hydrogen) atoms. The predicted octanol–water partition coefficient (Wildman–Crippen LogP) is 4.66. The molecule has 1 aliphatic rings. The molecular formula is C31H34F6N4O5S. The summed E-state index contributed by atoms with van der Waals surface area (Å²) in [6.45, 7) is 0. The van der Waals surface area contributed by atoms with Gasteiger partial charge in [0.05, 0.1) is 24.3 Å². The maximum absolute atomic E-state index is 13.7. The summed E-state index contributed by atoms with van der Waals surface area (Å²) in [6.07, 6.45) is -16.4. The first-order valence-electron chi connectivity index (χ1n) is 14.4. The number of carbonyl (C=O) groups excluding carboxylic acids is 4. The third-order valence-corrected chi connectivity index (χ3v) is 8.51. The van der Waals surface area contributed by atoms with Gasteiger partial charge in [-0.05, 0) is 18.9 Å². The van der Waals surface area contributed by atoms with Crippen molar-refractivity contribution >= 4 is 46.7 Å². The smallest absolute Gasteiger partial charge is 0.389 e. The first-order chi connectivity index (χ1) is 22.0. The number of thioether (sulfide) groups is 1. The Morgan fingerprint density at radius 1 is 0.957 bits per heavy atom. The summed E-state index contributed by atoms with van der Waals surface area (Å²) in [5, 5.41) is 2.33. The molecule has 0 aliphatic carbocycles. The minimum Gasteiger partial charge on any atom is -0.468 e. The van der Waals surface area contributed by atoms with Crippen molar-refractivity contribution in [2.75, 3.05) is 30.6 Å². The molecule has 16 heteroatoms. The minimum atomic E-state index is -4.81. The first kappa shape index (κ1) is 37.5. The highest BCUT2D eigenvalue weighted by molar-refractivity contribution is 8.00. The molecule has 0 fully saturated rings. The van der Waals surface area contributed by atoms with Gasteiger partial charge in [0.15, 0.2) is 0 Å². The van der Waals surface area contributed by atoms with Crippen LogP contribution in [0.1, 0.15) is 36.8 Å². The van der Waals surface area contributed by atoms with Gasteiger partial charge < -0.3 is 20.7 Å². The highest BCUT2D eigenvalue weighted by Gasteiger charge is 2.41. The number of amides is 2. The van der Waals surface area contributed by atoms with E-state index in [1.54, 1.807) is 54.6 Å². The molecule has 0 saturated heterocycles. The zero-order valence-corrected chi connectivity index (χ0v) is 26.3. The average Bonchev–Trinajstić information content (AvgIpc) is 3.11. The van der Waals surface area contributed by atoms with Crippen molar-refractivity contribution in [2.45, 2.75) is 50.2 Å². The molecule has 1 heterocycles. The number of esters is 1. The molecule has 0 radical (unpaired) electrons. The molecule has 4 atom stereocenters. The molecule has 3 N–H and O–H groups in total. The lowest BCUT2D eigenvalue weighted by molar-refractivity contribution is -0.152. The number of halogens is 6. The van der Waals surface area contributed by atoms with Crippen LogP contribution in [0.5, 0.6) is 0 Å². The number of alkyl halides is 6. The fourth-order valence-corrected chi connectivity index (χ4v) is 5.96. The highest BCUT2D eigenvalue weighted by Crippen LogP contribution is 2.34. The number of likely N-dealkylation sites (N-methyl/N-ethyl adjacent to an activating group) is 1. The normalized spacial score (nSPS) is 17.1. The van der Waals surface area contributed by atoms with Crippen molar-refractivity contribution in [3.63, 3.8) is 0 Å². The number of ether oxygens (including phenoxy) is 1. The van der Waals surface area contributed by atoms with Crippen molar-refractivity contribution < 1.29 is 50.3 Å². The van der Waals surface area contributed by atoms with Gasteiger partial charge in [-0.15, -0.1) is 0 Å². The van der Waals surface area contributed by atoms with Crippen LogP contribution in [0.2, 0.25) is 0 Å². The van der Waals surface area contributed by atoms with E-state index >= 15 is 0 Å². The number of nitrogens with one attached hydrogen (secondary N) is 1. The van der Waals surface area contributed by atoms with Crippen LogP contribution in [0.3, 0.4) is 0 Å². The Hall–Kier alpha value is -3.92. The zero-order chi connectivity index (χ0) is 34.9. The number of carbonyl (C=O) groups is 4. The van der Waals surface area contributed by atoms with Gasteiger partial charge >= 0.3 is 18.3 Å². The van der Waals surface area contributed by atoms with E-state index in [9.17, 15) is 45.5 Å². The van der Waals surface area contributed by atoms with E-state index in [-0.39, 0.29) is 11.5 Å². The lowest BCUT2D eigenvalue weighted by Crippen LogP contribution is -2.49. The molecule has 2 amide bonds. The lowest BCUT2D eigenvalue weighted by atomic mass is 9.81. The largest absolute Gasteiger partial charge is 0.468 e. The SMILES string of the molecule is COC(=O)[C@@H](N)CSCC(=O)[C@@H](CCC(F)(F)F)[C@@H](CCC(F)(F)F)C(=O)N[C@H]1N=C(c2ccccc2)c2ccccc2N(C)C1=O. The minimum absolute atomic E-state index is 0.176. The van der Waals surface area contributed by atoms with Gasteiger partial charge in [0.1, 0.15) is 11.8 Å². The van der Waals surface area contributed by atoms with Crippen molar-refractivity contribution in [3.05, 3.63) is 65.7 Å². The van der Waals surface area contributed by atoms with Crippen molar-refractivity contribution in [1.29, 1.82) is 0 Å². The number of methoxy groups -OCH3 is 1. The molecule has 2 aromatic carbocycles. The van der Waals surface area contributed by atoms with Crippen LogP contribution >= 0.6 is 11.8 Å². The van der Waals surface area contributed by atoms with Crippen LogP contribution in [0.4, 0.5) is 32.0 Å². The number of para-hydroxylation sites is 1. The third kappa shape index (κ3) is 10.8. The number of fused-ring (bicyclic) bond motifs is 1. The van der Waals surface area contributed by atoms with Crippen molar-refractivity contribution in [2.24, 2.45) is 22.6 Å². The van der Waals surface area contributed by atoms with E-state index in [0.717, 1.165) is 18.9 Å². The summed E-state index contributed by atoms with van der Waals surface area (Å²) in [6, 6.07) is 14.1. The van der Waals surface area contributed by atoms with Crippen LogP contribution in [0.15, 0.2) is 59.6 Å². The maximum atomic E-state index is 13.7. The van der Waals surface area contributed by atoms with Crippen LogP contribution < -0.4 is 16.0 Å². The average molecular weight is 689 g/mol. The number of nitrogens with two attached hydrogens (primary N) is 1. The molecule has 256 valence electrons. The summed E-state index contributed by atoms with van der Waals surface area (Å²) in [5.41, 5.74) is 7.41. The topological polar surface area (TPSA) is 131 Å². The molecule has 3 rings (SSSR count). The maximum Gasteiger partial charge on any atom is 0.389 e. The van der Waals surface area contributed by atoms with Crippen LogP contribution in [0, 0.1) is 11.8 Å². The van der Waals surface area contributed by atoms with E-state index in [1.165, 1.54) is 11.9 Å². The second kappa shape index (κ2) is 16.3. The molecule has 0 spiro atoms. The van der Waals surface area contributed by atoms with E-state index < -0.39 is 91.4 Å². The highest BCUT2D eigenvalue weighted by atomic mass is 32.2. The Morgan fingerprint density at radius 3 is 2.13 bits per heavy atom. The summed E-state index contributed by atoms with van der Waals surface area (Å²) < 4.78 is 84.6. The van der Waals surface area contributed by atoms with Crippen molar-refractivity contribution in [1.82, 2.24) is 5.32 Å². The number of benzene rings is 2. The molecule has 1 aliphatic heterocycles. The first-order valence-corrected chi connectivity index (χ1v) is 15.6. The lowest BCUT2D eigenvalue weighted by Gasteiger charge is -2.28. The van der Waals surface area contributed by atoms with E-state index in [4.69, 9.17) is 5.73 Å². The molecule has 9 nitrogen and oxygen atoms in total. The van der Waals surface area contributed by atoms with Crippen LogP contribution in [0.25, 0.3) is 0 Å². The Labute approximate surface area is 271 Å². The van der Waals surface area contributed by atoms with Gasteiger partial charge in [-0.3, -0.25) is 19.2 Å². The standard InChI is InChI=1S/C31H34F6N4O5S/c1-41-23-11-7-6-10-21(23)25(18-8-4-3-5-9-18)39-26(28(41)44)40-27(43)20(13-15-31(35,36)37)19(12-14-30(32,33)34)24(42)17-47-16-22(38)29(45)46-2/h3-11,19-20,22,26H,12-17,38H2,1-2H3,(H,40,43)/t19-,20+,22-,26+/m0/s1. The number of benzodiazepines with no additional fused rings is 1. The number of nitrogens with zero attached hydrogens (tertiary/aromatic N) is 2. The third-order valence-electron chi connectivity index (χ3n) is 7.43. The number of aliphatic imine (C=N–C) groups is 1. The predicted molar refractivity (Wildman–Crippen MR) is 164 cm³/mol. The Bertz CT molecular complexity index is 1450. The Kier molecular flexibility index (Phi) is 13.0. The van der Waals surface area contributed by atoms with Gasteiger partial charge in [0, 0.05) is 48.6 Å². The molecule has 0 aromatic heterocycles. The Balaban J connectivity index is 1.99. The van der Waals surface area contributed by atoms with Crippen molar-refractivity contribution in [3.8, 4) is 0 Å². The van der Waals surface area contributed by atoms with Gasteiger partial charge in [0.25, 0.3) is 5.91 Å². The van der Waals surface area contributed by atoms with E-state index in [2.05, 4.69) is 15.0 Å². The van der Waals surface area contributed by atoms with E-state index in [0.29, 0.717) is 16.8 Å². The second-order valence-electron chi connectivity index (χ2n) is 10.8. The number of ketones is 1. The number of anilines is 1. The summed E-state index contributed by atoms with van der Waals surface area (Å²) >= 11 is 0.764. The van der Waals surface area contributed by atoms with Gasteiger partial charge in [0.2, 0.25) is 12.1 Å². The summed E-state index contributed by atoms with van der Waals surface area (Å²) in [7, 11) is 2.49. The van der Waals surface area contributed by atoms with Gasteiger partial charge in [-0.25, -0.2) is 4.99 Å². The summed E-state index contributed by atoms with van der Waals surface area (Å²) in [5.74, 6) is -8.18. The molecule has 0 unspecified atom stereocenters.